The first kappa shape index (κ1) is 37.9. The molecular formula is C53H43N5O2. The maximum Gasteiger partial charge on any atom is 0.307 e. The van der Waals surface area contributed by atoms with E-state index in [1.165, 1.54) is 0 Å². The molecule has 0 fully saturated rings. The number of rotatable bonds is 13. The molecule has 0 saturated heterocycles. The Bertz CT molecular complexity index is 2630. The van der Waals surface area contributed by atoms with Gasteiger partial charge >= 0.3 is 5.97 Å². The van der Waals surface area contributed by atoms with E-state index in [1.54, 1.807) is 6.92 Å². The second-order valence-electron chi connectivity index (χ2n) is 15.1. The van der Waals surface area contributed by atoms with Crippen LogP contribution in [0.2, 0.25) is 0 Å². The van der Waals surface area contributed by atoms with Crippen LogP contribution >= 0.6 is 0 Å². The van der Waals surface area contributed by atoms with Crippen molar-refractivity contribution in [1.29, 1.82) is 0 Å². The third kappa shape index (κ3) is 6.60. The lowest BCUT2D eigenvalue weighted by Gasteiger charge is -2.38. The van der Waals surface area contributed by atoms with Gasteiger partial charge in [0.05, 0.1) is 5.92 Å². The molecule has 2 heterocycles. The van der Waals surface area contributed by atoms with Crippen LogP contribution in [0.1, 0.15) is 57.3 Å². The van der Waals surface area contributed by atoms with Crippen molar-refractivity contribution in [2.24, 2.45) is 5.92 Å². The first-order chi connectivity index (χ1) is 29.5. The molecular weight excluding hydrogens is 739 g/mol. The zero-order valence-electron chi connectivity index (χ0n) is 33.1. The summed E-state index contributed by atoms with van der Waals surface area (Å²) in [6.07, 6.45) is 0. The van der Waals surface area contributed by atoms with E-state index in [2.05, 4.69) is 78.1 Å². The summed E-state index contributed by atoms with van der Waals surface area (Å²) in [5.41, 5.74) is 6.46. The SMILES string of the molecule is C[C@@H](C(=O)O)C(c1ccccc1)c1cc(NC(c2ccccc2)(c2ccccc2)c2ccccc2)nc2c1nnn2C(c1ccccc1)(c1ccccc1)c1ccccc1. The van der Waals surface area contributed by atoms with Gasteiger partial charge in [0.15, 0.2) is 5.65 Å². The molecule has 0 aliphatic heterocycles. The molecule has 1 unspecified atom stereocenters. The smallest absolute Gasteiger partial charge is 0.307 e. The van der Waals surface area contributed by atoms with Crippen LogP contribution in [0.4, 0.5) is 5.82 Å². The molecule has 60 heavy (non-hydrogen) atoms. The van der Waals surface area contributed by atoms with Gasteiger partial charge in [0.25, 0.3) is 0 Å². The van der Waals surface area contributed by atoms with Crippen LogP contribution in [0.25, 0.3) is 11.2 Å². The Balaban J connectivity index is 1.42. The Morgan fingerprint density at radius 1 is 0.550 bits per heavy atom. The van der Waals surface area contributed by atoms with Crippen LogP contribution < -0.4 is 5.32 Å². The minimum Gasteiger partial charge on any atom is -0.481 e. The summed E-state index contributed by atoms with van der Waals surface area (Å²) in [5.74, 6) is -1.84. The Hall–Kier alpha value is -7.64. The number of aliphatic carboxylic acids is 1. The molecule has 9 aromatic rings. The maximum atomic E-state index is 13.1. The lowest BCUT2D eigenvalue weighted by atomic mass is 9.76. The second kappa shape index (κ2) is 16.3. The van der Waals surface area contributed by atoms with E-state index in [9.17, 15) is 9.90 Å². The Kier molecular flexibility index (Phi) is 10.3. The number of pyridine rings is 1. The summed E-state index contributed by atoms with van der Waals surface area (Å²) >= 11 is 0. The number of hydrogen-bond acceptors (Lipinski definition) is 5. The lowest BCUT2D eigenvalue weighted by Crippen LogP contribution is -2.39. The molecule has 0 aliphatic carbocycles. The second-order valence-corrected chi connectivity index (χ2v) is 15.1. The highest BCUT2D eigenvalue weighted by molar-refractivity contribution is 5.82. The first-order valence-electron chi connectivity index (χ1n) is 20.2. The maximum absolute atomic E-state index is 13.1. The largest absolute Gasteiger partial charge is 0.481 e. The molecule has 0 spiro atoms. The molecule has 0 saturated carbocycles. The minimum absolute atomic E-state index is 0.494. The normalized spacial score (nSPS) is 12.8. The van der Waals surface area contributed by atoms with Gasteiger partial charge in [0.1, 0.15) is 22.4 Å². The summed E-state index contributed by atoms with van der Waals surface area (Å²) in [6, 6.07) is 73.8. The minimum atomic E-state index is -1.04. The van der Waals surface area contributed by atoms with Gasteiger partial charge in [0.2, 0.25) is 0 Å². The topological polar surface area (TPSA) is 92.9 Å². The van der Waals surface area contributed by atoms with Crippen molar-refractivity contribution in [3.63, 3.8) is 0 Å². The van der Waals surface area contributed by atoms with Gasteiger partial charge in [-0.05, 0) is 50.6 Å². The van der Waals surface area contributed by atoms with Crippen molar-refractivity contribution >= 4 is 23.0 Å². The van der Waals surface area contributed by atoms with Crippen molar-refractivity contribution in [1.82, 2.24) is 20.0 Å². The number of hydrogen-bond donors (Lipinski definition) is 2. The van der Waals surface area contributed by atoms with Crippen LogP contribution in [-0.4, -0.2) is 31.1 Å². The average molecular weight is 782 g/mol. The van der Waals surface area contributed by atoms with E-state index >= 15 is 0 Å². The monoisotopic (exact) mass is 781 g/mol. The van der Waals surface area contributed by atoms with Crippen molar-refractivity contribution in [3.8, 4) is 0 Å². The molecule has 7 aromatic carbocycles. The third-order valence-electron chi connectivity index (χ3n) is 11.7. The van der Waals surface area contributed by atoms with Crippen LogP contribution in [0.5, 0.6) is 0 Å². The number of nitrogens with one attached hydrogen (secondary N) is 1. The third-order valence-corrected chi connectivity index (χ3v) is 11.7. The molecule has 292 valence electrons. The number of anilines is 1. The fourth-order valence-corrected chi connectivity index (χ4v) is 8.87. The molecule has 2 atom stereocenters. The summed E-state index contributed by atoms with van der Waals surface area (Å²) in [7, 11) is 0. The van der Waals surface area contributed by atoms with Gasteiger partial charge in [0, 0.05) is 5.92 Å². The Morgan fingerprint density at radius 3 is 1.30 bits per heavy atom. The van der Waals surface area contributed by atoms with E-state index < -0.39 is 28.9 Å². The van der Waals surface area contributed by atoms with Crippen LogP contribution in [0.15, 0.2) is 218 Å². The Labute approximate surface area is 349 Å². The van der Waals surface area contributed by atoms with Gasteiger partial charge in [-0.25, -0.2) is 9.67 Å². The quantitative estimate of drug-likeness (QED) is 0.113. The molecule has 9 rings (SSSR count). The van der Waals surface area contributed by atoms with E-state index in [4.69, 9.17) is 15.3 Å². The first-order valence-corrected chi connectivity index (χ1v) is 20.2. The number of nitrogens with zero attached hydrogens (tertiary/aromatic N) is 4. The average Bonchev–Trinajstić information content (AvgIpc) is 3.75. The lowest BCUT2D eigenvalue weighted by molar-refractivity contribution is -0.141. The summed E-state index contributed by atoms with van der Waals surface area (Å²) < 4.78 is 1.93. The van der Waals surface area contributed by atoms with Gasteiger partial charge in [-0.1, -0.05) is 224 Å². The van der Waals surface area contributed by atoms with Crippen molar-refractivity contribution in [2.45, 2.75) is 23.9 Å². The zero-order chi connectivity index (χ0) is 40.9. The van der Waals surface area contributed by atoms with E-state index in [-0.39, 0.29) is 0 Å². The van der Waals surface area contributed by atoms with Gasteiger partial charge in [-0.3, -0.25) is 4.79 Å². The summed E-state index contributed by atoms with van der Waals surface area (Å²) in [4.78, 5) is 18.7. The number of carbonyl (C=O) groups is 1. The van der Waals surface area contributed by atoms with E-state index in [1.807, 2.05) is 150 Å². The fraction of sp³-hybridized carbons (Fsp3) is 0.0943. The Morgan fingerprint density at radius 2 is 0.917 bits per heavy atom. The number of carboxylic acid groups (broad SMARTS) is 1. The number of fused-ring (bicyclic) bond motifs is 1. The fourth-order valence-electron chi connectivity index (χ4n) is 8.87. The molecule has 7 nitrogen and oxygen atoms in total. The van der Waals surface area contributed by atoms with Crippen molar-refractivity contribution in [3.05, 3.63) is 263 Å². The predicted octanol–water partition coefficient (Wildman–Crippen LogP) is 10.9. The van der Waals surface area contributed by atoms with Crippen molar-refractivity contribution in [2.75, 3.05) is 5.32 Å². The molecule has 0 amide bonds. The number of carboxylic acids is 1. The zero-order valence-corrected chi connectivity index (χ0v) is 33.1. The van der Waals surface area contributed by atoms with Crippen LogP contribution in [-0.2, 0) is 15.9 Å². The highest BCUT2D eigenvalue weighted by Gasteiger charge is 2.43. The van der Waals surface area contributed by atoms with Gasteiger partial charge in [-0.2, -0.15) is 0 Å². The molecule has 0 bridgehead atoms. The van der Waals surface area contributed by atoms with E-state index in [0.717, 1.165) is 38.9 Å². The summed E-state index contributed by atoms with van der Waals surface area (Å²) in [6.45, 7) is 1.76. The van der Waals surface area contributed by atoms with Crippen molar-refractivity contribution < 1.29 is 9.90 Å². The van der Waals surface area contributed by atoms with Gasteiger partial charge in [-0.15, -0.1) is 5.10 Å². The standard InChI is InChI=1S/C53H43N5O2/c1-38(51(59)60)48(39-23-9-2-10-24-39)46-37-47(55-52(40-25-11-3-12-26-40,41-27-13-4-14-28-41)42-29-15-5-16-30-42)54-50-49(46)56-57-58(50)53(43-31-17-6-18-32-43,44-33-19-7-20-34-44)45-35-21-8-22-36-45/h2-38,48H,1H3,(H,54,55)(H,59,60)/t38-,48?/m1/s1. The van der Waals surface area contributed by atoms with E-state index in [0.29, 0.717) is 22.5 Å². The highest BCUT2D eigenvalue weighted by atomic mass is 16.4. The number of aromatic nitrogens is 4. The molecule has 2 N–H and O–H groups in total. The predicted molar refractivity (Wildman–Crippen MR) is 238 cm³/mol. The van der Waals surface area contributed by atoms with Gasteiger partial charge < -0.3 is 10.4 Å². The molecule has 0 radical (unpaired) electrons. The van der Waals surface area contributed by atoms with Crippen LogP contribution in [0.3, 0.4) is 0 Å². The molecule has 2 aromatic heterocycles. The molecule has 7 heteroatoms. The highest BCUT2D eigenvalue weighted by Crippen LogP contribution is 2.45. The summed E-state index contributed by atoms with van der Waals surface area (Å²) in [5, 5.41) is 24.8. The van der Waals surface area contributed by atoms with Crippen LogP contribution in [0, 0.1) is 5.92 Å². The number of benzene rings is 7. The molecule has 0 aliphatic rings.